The van der Waals surface area contributed by atoms with Crippen LogP contribution in [0.1, 0.15) is 34.6 Å². The van der Waals surface area contributed by atoms with Crippen molar-refractivity contribution >= 4 is 55.6 Å². The molecular formula is C21H21Cl2N3O3S2. The van der Waals surface area contributed by atoms with Crippen molar-refractivity contribution in [2.45, 2.75) is 25.2 Å². The van der Waals surface area contributed by atoms with Gasteiger partial charge in [-0.3, -0.25) is 10.1 Å². The summed E-state index contributed by atoms with van der Waals surface area (Å²) in [6.07, 6.45) is 2.26. The standard InChI is InChI=1S/C21H21Cl2N3O3S2/c1-3-26(4-2)31(28,29)16-9-10-19(23)17(12-16)20(27)25-21-24-13-15(30-21)11-14-7-5-6-8-18(14)22/h5-10,12-13H,3-4,11H2,1-2H3,(H,24,25,27). The highest BCUT2D eigenvalue weighted by molar-refractivity contribution is 7.89. The first-order valence-electron chi connectivity index (χ1n) is 9.55. The molecule has 1 aromatic heterocycles. The molecular weight excluding hydrogens is 477 g/mol. The van der Waals surface area contributed by atoms with Gasteiger partial charge in [-0.1, -0.05) is 55.2 Å². The first-order chi connectivity index (χ1) is 14.8. The molecule has 0 bridgehead atoms. The predicted octanol–water partition coefficient (Wildman–Crippen LogP) is 5.32. The number of nitrogens with one attached hydrogen (secondary N) is 1. The Balaban J connectivity index is 1.80. The van der Waals surface area contributed by atoms with Crippen LogP contribution in [-0.2, 0) is 16.4 Å². The summed E-state index contributed by atoms with van der Waals surface area (Å²) in [5.74, 6) is -0.528. The van der Waals surface area contributed by atoms with Crippen LogP contribution < -0.4 is 5.32 Å². The number of sulfonamides is 1. The van der Waals surface area contributed by atoms with Gasteiger partial charge in [-0.2, -0.15) is 4.31 Å². The largest absolute Gasteiger partial charge is 0.298 e. The Kier molecular flexibility index (Phi) is 7.72. The number of nitrogens with zero attached hydrogens (tertiary/aromatic N) is 2. The van der Waals surface area contributed by atoms with Gasteiger partial charge in [0.1, 0.15) is 0 Å². The Morgan fingerprint density at radius 1 is 1.10 bits per heavy atom. The van der Waals surface area contributed by atoms with E-state index in [4.69, 9.17) is 23.2 Å². The Morgan fingerprint density at radius 2 is 1.81 bits per heavy atom. The molecule has 3 aromatic rings. The number of benzene rings is 2. The molecule has 1 amide bonds. The van der Waals surface area contributed by atoms with Gasteiger partial charge in [-0.05, 0) is 29.8 Å². The molecule has 3 rings (SSSR count). The zero-order valence-electron chi connectivity index (χ0n) is 16.9. The van der Waals surface area contributed by atoms with E-state index in [0.717, 1.165) is 10.4 Å². The van der Waals surface area contributed by atoms with E-state index in [9.17, 15) is 13.2 Å². The van der Waals surface area contributed by atoms with Gasteiger partial charge in [0.25, 0.3) is 5.91 Å². The molecule has 0 saturated heterocycles. The number of carbonyl (C=O) groups is 1. The van der Waals surface area contributed by atoms with Crippen LogP contribution in [-0.4, -0.2) is 36.7 Å². The van der Waals surface area contributed by atoms with Crippen LogP contribution in [0.4, 0.5) is 5.13 Å². The summed E-state index contributed by atoms with van der Waals surface area (Å²) in [6, 6.07) is 11.6. The van der Waals surface area contributed by atoms with E-state index in [0.29, 0.717) is 29.7 Å². The third-order valence-corrected chi connectivity index (χ3v) is 8.28. The van der Waals surface area contributed by atoms with Gasteiger partial charge in [0.05, 0.1) is 15.5 Å². The number of aromatic nitrogens is 1. The van der Waals surface area contributed by atoms with Crippen LogP contribution in [0.5, 0.6) is 0 Å². The molecule has 0 spiro atoms. The van der Waals surface area contributed by atoms with Crippen LogP contribution in [0.3, 0.4) is 0 Å². The number of amides is 1. The average Bonchev–Trinajstić information content (AvgIpc) is 3.17. The molecule has 1 heterocycles. The second-order valence-electron chi connectivity index (χ2n) is 6.59. The van der Waals surface area contributed by atoms with E-state index in [2.05, 4.69) is 10.3 Å². The third kappa shape index (κ3) is 5.45. The maximum atomic E-state index is 12.8. The number of rotatable bonds is 8. The van der Waals surface area contributed by atoms with Gasteiger partial charge >= 0.3 is 0 Å². The number of carbonyl (C=O) groups excluding carboxylic acids is 1. The summed E-state index contributed by atoms with van der Waals surface area (Å²) in [6.45, 7) is 4.17. The molecule has 0 atom stereocenters. The van der Waals surface area contributed by atoms with Crippen LogP contribution in [0.2, 0.25) is 10.0 Å². The topological polar surface area (TPSA) is 79.4 Å². The summed E-state index contributed by atoms with van der Waals surface area (Å²) in [4.78, 5) is 18.0. The fourth-order valence-corrected chi connectivity index (χ4v) is 5.71. The minimum atomic E-state index is -3.71. The molecule has 0 unspecified atom stereocenters. The summed E-state index contributed by atoms with van der Waals surface area (Å²) in [5.41, 5.74) is 1.03. The van der Waals surface area contributed by atoms with Gasteiger partial charge in [0.15, 0.2) is 5.13 Å². The number of anilines is 1. The highest BCUT2D eigenvalue weighted by Gasteiger charge is 2.24. The average molecular weight is 498 g/mol. The molecule has 6 nitrogen and oxygen atoms in total. The molecule has 0 aliphatic heterocycles. The van der Waals surface area contributed by atoms with Crippen molar-refractivity contribution in [3.63, 3.8) is 0 Å². The quantitative estimate of drug-likeness (QED) is 0.456. The van der Waals surface area contributed by atoms with E-state index in [1.54, 1.807) is 20.0 Å². The van der Waals surface area contributed by atoms with Crippen molar-refractivity contribution in [3.8, 4) is 0 Å². The fourth-order valence-electron chi connectivity index (χ4n) is 2.99. The van der Waals surface area contributed by atoms with Gasteiger partial charge < -0.3 is 0 Å². The molecule has 0 radical (unpaired) electrons. The molecule has 1 N–H and O–H groups in total. The van der Waals surface area contributed by atoms with Crippen molar-refractivity contribution in [2.24, 2.45) is 0 Å². The number of hydrogen-bond acceptors (Lipinski definition) is 5. The molecule has 0 aliphatic carbocycles. The van der Waals surface area contributed by atoms with Crippen molar-refractivity contribution in [3.05, 3.63) is 74.7 Å². The predicted molar refractivity (Wildman–Crippen MR) is 126 cm³/mol. The Hall–Kier alpha value is -1.97. The molecule has 10 heteroatoms. The summed E-state index contributed by atoms with van der Waals surface area (Å²) >= 11 is 13.7. The zero-order chi connectivity index (χ0) is 22.6. The number of thiazole rings is 1. The summed E-state index contributed by atoms with van der Waals surface area (Å²) in [7, 11) is -3.71. The lowest BCUT2D eigenvalue weighted by atomic mass is 10.1. The minimum absolute atomic E-state index is 0.0179. The Labute approximate surface area is 195 Å². The third-order valence-electron chi connectivity index (χ3n) is 4.62. The minimum Gasteiger partial charge on any atom is -0.298 e. The fraction of sp³-hybridized carbons (Fsp3) is 0.238. The molecule has 0 fully saturated rings. The molecule has 31 heavy (non-hydrogen) atoms. The number of hydrogen-bond donors (Lipinski definition) is 1. The van der Waals surface area contributed by atoms with E-state index >= 15 is 0 Å². The Bertz CT molecular complexity index is 1190. The lowest BCUT2D eigenvalue weighted by Gasteiger charge is -2.19. The lowest BCUT2D eigenvalue weighted by molar-refractivity contribution is 0.102. The molecule has 164 valence electrons. The summed E-state index contributed by atoms with van der Waals surface area (Å²) in [5, 5.41) is 3.91. The monoisotopic (exact) mass is 497 g/mol. The lowest BCUT2D eigenvalue weighted by Crippen LogP contribution is -2.30. The first kappa shape index (κ1) is 23.7. The second-order valence-corrected chi connectivity index (χ2v) is 10.5. The molecule has 2 aromatic carbocycles. The highest BCUT2D eigenvalue weighted by atomic mass is 35.5. The van der Waals surface area contributed by atoms with E-state index in [1.807, 2.05) is 24.3 Å². The van der Waals surface area contributed by atoms with Gasteiger partial charge in [0.2, 0.25) is 10.0 Å². The first-order valence-corrected chi connectivity index (χ1v) is 12.6. The van der Waals surface area contributed by atoms with Crippen LogP contribution in [0.25, 0.3) is 0 Å². The highest BCUT2D eigenvalue weighted by Crippen LogP contribution is 2.27. The normalized spacial score (nSPS) is 11.6. The maximum Gasteiger partial charge on any atom is 0.259 e. The van der Waals surface area contributed by atoms with E-state index in [-0.39, 0.29) is 15.5 Å². The van der Waals surface area contributed by atoms with E-state index < -0.39 is 15.9 Å². The smallest absolute Gasteiger partial charge is 0.259 e. The van der Waals surface area contributed by atoms with Crippen LogP contribution >= 0.6 is 34.5 Å². The van der Waals surface area contributed by atoms with Crippen LogP contribution in [0.15, 0.2) is 53.6 Å². The van der Waals surface area contributed by atoms with Crippen molar-refractivity contribution in [1.29, 1.82) is 0 Å². The van der Waals surface area contributed by atoms with E-state index in [1.165, 1.54) is 33.8 Å². The maximum absolute atomic E-state index is 12.8. The van der Waals surface area contributed by atoms with Gasteiger partial charge in [-0.15, -0.1) is 11.3 Å². The summed E-state index contributed by atoms with van der Waals surface area (Å²) < 4.78 is 26.9. The SMILES string of the molecule is CCN(CC)S(=O)(=O)c1ccc(Cl)c(C(=O)Nc2ncc(Cc3ccccc3Cl)s2)c1. The van der Waals surface area contributed by atoms with Gasteiger partial charge in [-0.25, -0.2) is 13.4 Å². The van der Waals surface area contributed by atoms with Crippen LogP contribution in [0, 0.1) is 0 Å². The van der Waals surface area contributed by atoms with Crippen molar-refractivity contribution in [1.82, 2.24) is 9.29 Å². The molecule has 0 saturated carbocycles. The zero-order valence-corrected chi connectivity index (χ0v) is 20.1. The van der Waals surface area contributed by atoms with Crippen molar-refractivity contribution in [2.75, 3.05) is 18.4 Å². The second kappa shape index (κ2) is 10.1. The van der Waals surface area contributed by atoms with Crippen molar-refractivity contribution < 1.29 is 13.2 Å². The Morgan fingerprint density at radius 3 is 2.48 bits per heavy atom. The molecule has 0 aliphatic rings. The van der Waals surface area contributed by atoms with Gasteiger partial charge in [0, 0.05) is 35.6 Å². The number of halogens is 2.